The molecule has 5 heteroatoms. The lowest BCUT2D eigenvalue weighted by molar-refractivity contribution is 0.0587. The van der Waals surface area contributed by atoms with E-state index in [2.05, 4.69) is 37.8 Å². The van der Waals surface area contributed by atoms with Crippen molar-refractivity contribution < 1.29 is 9.53 Å². The zero-order valence-electron chi connectivity index (χ0n) is 11.2. The third-order valence-electron chi connectivity index (χ3n) is 3.46. The van der Waals surface area contributed by atoms with Gasteiger partial charge in [-0.15, -0.1) is 0 Å². The van der Waals surface area contributed by atoms with Gasteiger partial charge in [0.05, 0.1) is 7.11 Å². The van der Waals surface area contributed by atoms with Gasteiger partial charge in [0, 0.05) is 19.3 Å². The fourth-order valence-electron chi connectivity index (χ4n) is 2.41. The minimum atomic E-state index is -0.510. The number of carbonyl (C=O) groups is 1. The molecule has 0 saturated carbocycles. The van der Waals surface area contributed by atoms with Crippen LogP contribution >= 0.6 is 0 Å². The number of hydrogen-bond donors (Lipinski definition) is 0. The van der Waals surface area contributed by atoms with Crippen molar-refractivity contribution >= 4 is 11.8 Å². The molecule has 0 aliphatic carbocycles. The third kappa shape index (κ3) is 2.34. The minimum Gasteiger partial charge on any atom is -0.463 e. The molecule has 2 aromatic rings. The van der Waals surface area contributed by atoms with Crippen LogP contribution in [0.4, 0.5) is 5.82 Å². The molecule has 0 amide bonds. The van der Waals surface area contributed by atoms with Crippen LogP contribution in [-0.4, -0.2) is 29.6 Å². The molecule has 5 nitrogen and oxygen atoms in total. The summed E-state index contributed by atoms with van der Waals surface area (Å²) in [6.45, 7) is 1.68. The molecule has 0 spiro atoms. The number of ether oxygens (including phenoxy) is 1. The van der Waals surface area contributed by atoms with Crippen LogP contribution < -0.4 is 4.90 Å². The summed E-state index contributed by atoms with van der Waals surface area (Å²) in [5.41, 5.74) is 2.68. The molecule has 3 rings (SSSR count). The molecule has 1 aliphatic heterocycles. The lowest BCUT2D eigenvalue weighted by atomic mass is 10.00. The molecule has 0 radical (unpaired) electrons. The summed E-state index contributed by atoms with van der Waals surface area (Å²) in [7, 11) is 1.33. The van der Waals surface area contributed by atoms with Crippen LogP contribution in [0.5, 0.6) is 0 Å². The van der Waals surface area contributed by atoms with Crippen molar-refractivity contribution in [2.24, 2.45) is 0 Å². The van der Waals surface area contributed by atoms with Gasteiger partial charge in [-0.1, -0.05) is 24.3 Å². The summed E-state index contributed by atoms with van der Waals surface area (Å²) in [6.07, 6.45) is 2.57. The first kappa shape index (κ1) is 12.6. The maximum atomic E-state index is 11.5. The SMILES string of the molecule is COC(=O)c1nccc(N2CCc3ccccc3C2)n1. The normalized spacial score (nSPS) is 13.8. The van der Waals surface area contributed by atoms with Gasteiger partial charge in [-0.25, -0.2) is 14.8 Å². The van der Waals surface area contributed by atoms with E-state index in [0.717, 1.165) is 25.3 Å². The van der Waals surface area contributed by atoms with E-state index in [9.17, 15) is 4.79 Å². The van der Waals surface area contributed by atoms with Crippen molar-refractivity contribution in [1.82, 2.24) is 9.97 Å². The molecule has 102 valence electrons. The molecule has 0 unspecified atom stereocenters. The van der Waals surface area contributed by atoms with Gasteiger partial charge in [-0.2, -0.15) is 0 Å². The van der Waals surface area contributed by atoms with Crippen LogP contribution in [-0.2, 0) is 17.7 Å². The van der Waals surface area contributed by atoms with Crippen molar-refractivity contribution in [1.29, 1.82) is 0 Å². The molecule has 0 N–H and O–H groups in total. The molecule has 0 atom stereocenters. The summed E-state index contributed by atoms with van der Waals surface area (Å²) in [4.78, 5) is 21.8. The molecule has 20 heavy (non-hydrogen) atoms. The van der Waals surface area contributed by atoms with E-state index in [-0.39, 0.29) is 5.82 Å². The lowest BCUT2D eigenvalue weighted by Gasteiger charge is -2.29. The highest BCUT2D eigenvalue weighted by atomic mass is 16.5. The Morgan fingerprint density at radius 1 is 1.25 bits per heavy atom. The Morgan fingerprint density at radius 3 is 2.85 bits per heavy atom. The van der Waals surface area contributed by atoms with Gasteiger partial charge in [0.1, 0.15) is 5.82 Å². The van der Waals surface area contributed by atoms with Crippen molar-refractivity contribution in [2.75, 3.05) is 18.6 Å². The number of carbonyl (C=O) groups excluding carboxylic acids is 1. The zero-order chi connectivity index (χ0) is 13.9. The van der Waals surface area contributed by atoms with Crippen molar-refractivity contribution in [3.63, 3.8) is 0 Å². The van der Waals surface area contributed by atoms with Crippen molar-refractivity contribution in [2.45, 2.75) is 13.0 Å². The number of aromatic nitrogens is 2. The molecule has 0 fully saturated rings. The average molecular weight is 269 g/mol. The number of anilines is 1. The maximum Gasteiger partial charge on any atom is 0.376 e. The summed E-state index contributed by atoms with van der Waals surface area (Å²) < 4.78 is 4.65. The molecular weight excluding hydrogens is 254 g/mol. The highest BCUT2D eigenvalue weighted by molar-refractivity contribution is 5.85. The van der Waals surface area contributed by atoms with E-state index in [1.54, 1.807) is 6.20 Å². The molecular formula is C15H15N3O2. The second-order valence-corrected chi connectivity index (χ2v) is 4.67. The second kappa shape index (κ2) is 5.28. The smallest absolute Gasteiger partial charge is 0.376 e. The standard InChI is InChI=1S/C15H15N3O2/c1-20-15(19)14-16-8-6-13(17-14)18-9-7-11-4-2-3-5-12(11)10-18/h2-6,8H,7,9-10H2,1H3. The van der Waals surface area contributed by atoms with Crippen molar-refractivity contribution in [3.05, 3.63) is 53.5 Å². The van der Waals surface area contributed by atoms with E-state index in [4.69, 9.17) is 0 Å². The zero-order valence-corrected chi connectivity index (χ0v) is 11.2. The highest BCUT2D eigenvalue weighted by Crippen LogP contribution is 2.22. The predicted molar refractivity (Wildman–Crippen MR) is 74.6 cm³/mol. The molecule has 2 heterocycles. The summed E-state index contributed by atoms with van der Waals surface area (Å²) in [5, 5.41) is 0. The Bertz CT molecular complexity index is 643. The van der Waals surface area contributed by atoms with E-state index >= 15 is 0 Å². The number of fused-ring (bicyclic) bond motifs is 1. The average Bonchev–Trinajstić information content (AvgIpc) is 2.53. The number of nitrogens with zero attached hydrogens (tertiary/aromatic N) is 3. The Labute approximate surface area is 117 Å². The first-order chi connectivity index (χ1) is 9.78. The van der Waals surface area contributed by atoms with Gasteiger partial charge < -0.3 is 9.64 Å². The molecule has 1 aromatic carbocycles. The van der Waals surface area contributed by atoms with Crippen LogP contribution in [0.15, 0.2) is 36.5 Å². The first-order valence-corrected chi connectivity index (χ1v) is 6.51. The summed E-state index contributed by atoms with van der Waals surface area (Å²) >= 11 is 0. The maximum absolute atomic E-state index is 11.5. The summed E-state index contributed by atoms with van der Waals surface area (Å²) in [5.74, 6) is 0.350. The van der Waals surface area contributed by atoms with Gasteiger partial charge in [-0.3, -0.25) is 0 Å². The number of esters is 1. The van der Waals surface area contributed by atoms with Crippen LogP contribution in [0.1, 0.15) is 21.7 Å². The van der Waals surface area contributed by atoms with Gasteiger partial charge in [-0.05, 0) is 23.6 Å². The molecule has 1 aliphatic rings. The van der Waals surface area contributed by atoms with Gasteiger partial charge in [0.25, 0.3) is 0 Å². The summed E-state index contributed by atoms with van der Waals surface area (Å²) in [6, 6.07) is 10.2. The van der Waals surface area contributed by atoms with Crippen LogP contribution in [0.25, 0.3) is 0 Å². The van der Waals surface area contributed by atoms with E-state index in [0.29, 0.717) is 0 Å². The minimum absolute atomic E-state index is 0.101. The molecule has 0 bridgehead atoms. The van der Waals surface area contributed by atoms with Gasteiger partial charge >= 0.3 is 5.97 Å². The van der Waals surface area contributed by atoms with E-state index in [1.807, 2.05) is 12.1 Å². The first-order valence-electron chi connectivity index (χ1n) is 6.51. The fraction of sp³-hybridized carbons (Fsp3) is 0.267. The topological polar surface area (TPSA) is 55.3 Å². The Balaban J connectivity index is 1.86. The van der Waals surface area contributed by atoms with Crippen LogP contribution in [0.2, 0.25) is 0 Å². The monoisotopic (exact) mass is 269 g/mol. The van der Waals surface area contributed by atoms with Crippen molar-refractivity contribution in [3.8, 4) is 0 Å². The fourth-order valence-corrected chi connectivity index (χ4v) is 2.41. The van der Waals surface area contributed by atoms with Gasteiger partial charge in [0.2, 0.25) is 5.82 Å². The number of benzene rings is 1. The van der Waals surface area contributed by atoms with Crippen LogP contribution in [0, 0.1) is 0 Å². The highest BCUT2D eigenvalue weighted by Gasteiger charge is 2.18. The number of hydrogen-bond acceptors (Lipinski definition) is 5. The Kier molecular flexibility index (Phi) is 3.33. The molecule has 0 saturated heterocycles. The Morgan fingerprint density at radius 2 is 2.05 bits per heavy atom. The van der Waals surface area contributed by atoms with E-state index in [1.165, 1.54) is 18.2 Å². The predicted octanol–water partition coefficient (Wildman–Crippen LogP) is 1.83. The lowest BCUT2D eigenvalue weighted by Crippen LogP contribution is -2.31. The Hall–Kier alpha value is -2.43. The second-order valence-electron chi connectivity index (χ2n) is 4.67. The molecule has 1 aromatic heterocycles. The van der Waals surface area contributed by atoms with Gasteiger partial charge in [0.15, 0.2) is 0 Å². The largest absolute Gasteiger partial charge is 0.463 e. The van der Waals surface area contributed by atoms with Crippen LogP contribution in [0.3, 0.4) is 0 Å². The number of methoxy groups -OCH3 is 1. The third-order valence-corrected chi connectivity index (χ3v) is 3.46. The number of rotatable bonds is 2. The quantitative estimate of drug-likeness (QED) is 0.778. The van der Waals surface area contributed by atoms with E-state index < -0.39 is 5.97 Å².